The van der Waals surface area contributed by atoms with Gasteiger partial charge in [-0.3, -0.25) is 0 Å². The summed E-state index contributed by atoms with van der Waals surface area (Å²) < 4.78 is 1.14. The number of hydrogen-bond donors (Lipinski definition) is 0. The zero-order valence-corrected chi connectivity index (χ0v) is 13.1. The molecule has 0 aromatic heterocycles. The molecule has 19 heavy (non-hydrogen) atoms. The Bertz CT molecular complexity index is 517. The van der Waals surface area contributed by atoms with Gasteiger partial charge in [0.05, 0.1) is 0 Å². The van der Waals surface area contributed by atoms with Gasteiger partial charge in [0, 0.05) is 4.47 Å². The van der Waals surface area contributed by atoms with Crippen LogP contribution >= 0.6 is 15.9 Å². The highest BCUT2D eigenvalue weighted by Gasteiger charge is 2.00. The van der Waals surface area contributed by atoms with Crippen LogP contribution in [0.4, 0.5) is 0 Å². The van der Waals surface area contributed by atoms with Gasteiger partial charge in [0.25, 0.3) is 0 Å². The van der Waals surface area contributed by atoms with E-state index >= 15 is 0 Å². The molecule has 0 nitrogen and oxygen atoms in total. The largest absolute Gasteiger partial charge is 0.0654 e. The summed E-state index contributed by atoms with van der Waals surface area (Å²) >= 11 is 3.54. The quantitative estimate of drug-likeness (QED) is 0.553. The minimum Gasteiger partial charge on any atom is -0.0654 e. The molecule has 1 heteroatoms. The molecule has 0 atom stereocenters. The van der Waals surface area contributed by atoms with Gasteiger partial charge in [0.15, 0.2) is 0 Å². The molecule has 0 amide bonds. The normalized spacial score (nSPS) is 10.6. The van der Waals surface area contributed by atoms with Crippen molar-refractivity contribution in [2.75, 3.05) is 0 Å². The monoisotopic (exact) mass is 316 g/mol. The van der Waals surface area contributed by atoms with Crippen molar-refractivity contribution in [2.24, 2.45) is 0 Å². The molecule has 2 aromatic rings. The Morgan fingerprint density at radius 2 is 1.58 bits per heavy atom. The molecule has 100 valence electrons. The molecule has 2 aromatic carbocycles. The van der Waals surface area contributed by atoms with E-state index in [1.165, 1.54) is 48.8 Å². The Morgan fingerprint density at radius 3 is 2.32 bits per heavy atom. The molecule has 0 fully saturated rings. The van der Waals surface area contributed by atoms with E-state index in [0.717, 1.165) is 4.47 Å². The average molecular weight is 317 g/mol. The maximum atomic E-state index is 3.54. The van der Waals surface area contributed by atoms with Gasteiger partial charge in [0.2, 0.25) is 0 Å². The number of aryl methyl sites for hydroxylation is 1. The molecule has 2 rings (SSSR count). The summed E-state index contributed by atoms with van der Waals surface area (Å²) in [5.74, 6) is 0. The van der Waals surface area contributed by atoms with E-state index in [0.29, 0.717) is 0 Å². The van der Waals surface area contributed by atoms with Gasteiger partial charge in [-0.1, -0.05) is 78.5 Å². The Kier molecular flexibility index (Phi) is 5.65. The SMILES string of the molecule is CCCCCCc1cccc(-c2cccc(Br)c2)c1. The standard InChI is InChI=1S/C18H21Br/c1-2-3-4-5-8-15-9-6-10-16(13-15)17-11-7-12-18(19)14-17/h6-7,9-14H,2-5,8H2,1H3. The molecule has 0 aliphatic carbocycles. The fourth-order valence-electron chi connectivity index (χ4n) is 2.33. The second-order valence-electron chi connectivity index (χ2n) is 5.02. The Balaban J connectivity index is 2.06. The highest BCUT2D eigenvalue weighted by Crippen LogP contribution is 2.24. The molecular weight excluding hydrogens is 296 g/mol. The van der Waals surface area contributed by atoms with Crippen LogP contribution in [0.5, 0.6) is 0 Å². The van der Waals surface area contributed by atoms with E-state index in [-0.39, 0.29) is 0 Å². The van der Waals surface area contributed by atoms with Gasteiger partial charge in [-0.25, -0.2) is 0 Å². The lowest BCUT2D eigenvalue weighted by molar-refractivity contribution is 0.667. The van der Waals surface area contributed by atoms with Crippen molar-refractivity contribution in [2.45, 2.75) is 39.0 Å². The molecule has 0 saturated carbocycles. The van der Waals surface area contributed by atoms with Crippen molar-refractivity contribution in [3.8, 4) is 11.1 Å². The summed E-state index contributed by atoms with van der Waals surface area (Å²) in [6.45, 7) is 2.26. The lowest BCUT2D eigenvalue weighted by atomic mass is 10.00. The first-order valence-electron chi connectivity index (χ1n) is 7.14. The maximum Gasteiger partial charge on any atom is 0.0181 e. The van der Waals surface area contributed by atoms with Crippen molar-refractivity contribution in [1.82, 2.24) is 0 Å². The van der Waals surface area contributed by atoms with Crippen molar-refractivity contribution < 1.29 is 0 Å². The average Bonchev–Trinajstić information content (AvgIpc) is 2.44. The highest BCUT2D eigenvalue weighted by molar-refractivity contribution is 9.10. The van der Waals surface area contributed by atoms with E-state index in [4.69, 9.17) is 0 Å². The third-order valence-corrected chi connectivity index (χ3v) is 3.90. The predicted octanol–water partition coefficient (Wildman–Crippen LogP) is 6.24. The molecular formula is C18H21Br. The van der Waals surface area contributed by atoms with Crippen molar-refractivity contribution >= 4 is 15.9 Å². The molecule has 0 aliphatic rings. The molecule has 0 saturated heterocycles. The summed E-state index contributed by atoms with van der Waals surface area (Å²) in [6, 6.07) is 17.4. The lowest BCUT2D eigenvalue weighted by Gasteiger charge is -2.06. The van der Waals surface area contributed by atoms with Gasteiger partial charge in [-0.15, -0.1) is 0 Å². The predicted molar refractivity (Wildman–Crippen MR) is 87.4 cm³/mol. The topological polar surface area (TPSA) is 0 Å². The maximum absolute atomic E-state index is 3.54. The molecule has 0 bridgehead atoms. The second kappa shape index (κ2) is 7.49. The third kappa shape index (κ3) is 4.50. The summed E-state index contributed by atoms with van der Waals surface area (Å²) in [4.78, 5) is 0. The molecule has 0 aliphatic heterocycles. The number of unbranched alkanes of at least 4 members (excludes halogenated alkanes) is 3. The summed E-state index contributed by atoms with van der Waals surface area (Å²) in [5, 5.41) is 0. The van der Waals surface area contributed by atoms with Gasteiger partial charge < -0.3 is 0 Å². The van der Waals surface area contributed by atoms with Gasteiger partial charge in [0.1, 0.15) is 0 Å². The molecule has 0 unspecified atom stereocenters. The Hall–Kier alpha value is -1.08. The number of halogens is 1. The van der Waals surface area contributed by atoms with Crippen LogP contribution in [0, 0.1) is 0 Å². The first-order chi connectivity index (χ1) is 9.29. The summed E-state index contributed by atoms with van der Waals surface area (Å²) in [7, 11) is 0. The van der Waals surface area contributed by atoms with Crippen LogP contribution in [0.25, 0.3) is 11.1 Å². The van der Waals surface area contributed by atoms with Crippen molar-refractivity contribution in [3.63, 3.8) is 0 Å². The van der Waals surface area contributed by atoms with Crippen molar-refractivity contribution in [3.05, 3.63) is 58.6 Å². The van der Waals surface area contributed by atoms with E-state index in [2.05, 4.69) is 71.4 Å². The molecule has 0 spiro atoms. The second-order valence-corrected chi connectivity index (χ2v) is 5.94. The van der Waals surface area contributed by atoms with E-state index < -0.39 is 0 Å². The van der Waals surface area contributed by atoms with E-state index in [9.17, 15) is 0 Å². The Morgan fingerprint density at radius 1 is 0.842 bits per heavy atom. The van der Waals surface area contributed by atoms with Crippen LogP contribution in [-0.4, -0.2) is 0 Å². The van der Waals surface area contributed by atoms with Crippen LogP contribution in [0.3, 0.4) is 0 Å². The highest BCUT2D eigenvalue weighted by atomic mass is 79.9. The zero-order valence-electron chi connectivity index (χ0n) is 11.5. The minimum absolute atomic E-state index is 1.14. The third-order valence-electron chi connectivity index (χ3n) is 3.40. The summed E-state index contributed by atoms with van der Waals surface area (Å²) in [6.07, 6.45) is 6.50. The van der Waals surface area contributed by atoms with Crippen LogP contribution in [0.15, 0.2) is 53.0 Å². The van der Waals surface area contributed by atoms with Gasteiger partial charge >= 0.3 is 0 Å². The van der Waals surface area contributed by atoms with Crippen LogP contribution < -0.4 is 0 Å². The first-order valence-corrected chi connectivity index (χ1v) is 7.94. The Labute approximate surface area is 125 Å². The first kappa shape index (κ1) is 14.3. The fraction of sp³-hybridized carbons (Fsp3) is 0.333. The number of hydrogen-bond acceptors (Lipinski definition) is 0. The van der Waals surface area contributed by atoms with Crippen molar-refractivity contribution in [1.29, 1.82) is 0 Å². The molecule has 0 heterocycles. The molecule has 0 radical (unpaired) electrons. The summed E-state index contributed by atoms with van der Waals surface area (Å²) in [5.41, 5.74) is 4.05. The lowest BCUT2D eigenvalue weighted by Crippen LogP contribution is -1.87. The van der Waals surface area contributed by atoms with Gasteiger partial charge in [-0.05, 0) is 41.7 Å². The zero-order chi connectivity index (χ0) is 13.5. The number of benzene rings is 2. The van der Waals surface area contributed by atoms with Gasteiger partial charge in [-0.2, -0.15) is 0 Å². The number of rotatable bonds is 6. The minimum atomic E-state index is 1.14. The van der Waals surface area contributed by atoms with Crippen LogP contribution in [-0.2, 0) is 6.42 Å². The van der Waals surface area contributed by atoms with E-state index in [1.807, 2.05) is 0 Å². The van der Waals surface area contributed by atoms with E-state index in [1.54, 1.807) is 0 Å². The van der Waals surface area contributed by atoms with Crippen LogP contribution in [0.1, 0.15) is 38.2 Å². The smallest absolute Gasteiger partial charge is 0.0181 e. The molecule has 0 N–H and O–H groups in total. The van der Waals surface area contributed by atoms with Crippen LogP contribution in [0.2, 0.25) is 0 Å². The fourth-order valence-corrected chi connectivity index (χ4v) is 2.73.